The summed E-state index contributed by atoms with van der Waals surface area (Å²) in [6, 6.07) is 12.1. The predicted octanol–water partition coefficient (Wildman–Crippen LogP) is 3.14. The molecule has 0 spiro atoms. The second kappa shape index (κ2) is 11.2. The number of ether oxygens (including phenoxy) is 1. The third kappa shape index (κ3) is 4.97. The molecular formula is C29H33N3O6. The maximum absolute atomic E-state index is 14.0. The highest BCUT2D eigenvalue weighted by molar-refractivity contribution is 6.18. The monoisotopic (exact) mass is 519 g/mol. The van der Waals surface area contributed by atoms with E-state index in [-0.39, 0.29) is 42.4 Å². The van der Waals surface area contributed by atoms with Crippen molar-refractivity contribution in [1.29, 1.82) is 0 Å². The molecule has 2 atom stereocenters. The van der Waals surface area contributed by atoms with Gasteiger partial charge in [0.25, 0.3) is 11.8 Å². The molecule has 2 fully saturated rings. The molecule has 3 heterocycles. The lowest BCUT2D eigenvalue weighted by molar-refractivity contribution is -0.145. The first-order chi connectivity index (χ1) is 18.5. The van der Waals surface area contributed by atoms with Crippen LogP contribution in [0.5, 0.6) is 0 Å². The molecule has 9 heteroatoms. The summed E-state index contributed by atoms with van der Waals surface area (Å²) in [7, 11) is 0. The summed E-state index contributed by atoms with van der Waals surface area (Å²) in [6.07, 6.45) is 5.00. The summed E-state index contributed by atoms with van der Waals surface area (Å²) in [6.45, 7) is 3.65. The van der Waals surface area contributed by atoms with Crippen LogP contribution < -0.4 is 0 Å². The molecule has 1 aromatic heterocycles. The first-order valence-electron chi connectivity index (χ1n) is 13.4. The number of fused-ring (bicyclic) bond motifs is 1. The zero-order chi connectivity index (χ0) is 26.6. The zero-order valence-corrected chi connectivity index (χ0v) is 21.6. The third-order valence-corrected chi connectivity index (χ3v) is 7.74. The Morgan fingerprint density at radius 3 is 2.39 bits per heavy atom. The molecule has 1 aliphatic carbocycles. The number of hydrogen-bond acceptors (Lipinski definition) is 7. The molecule has 1 saturated carbocycles. The second-order valence-electron chi connectivity index (χ2n) is 9.92. The lowest BCUT2D eigenvalue weighted by Gasteiger charge is -2.49. The smallest absolute Gasteiger partial charge is 0.345 e. The van der Waals surface area contributed by atoms with E-state index in [0.29, 0.717) is 43.2 Å². The normalized spacial score (nSPS) is 21.8. The Morgan fingerprint density at radius 2 is 1.71 bits per heavy atom. The van der Waals surface area contributed by atoms with E-state index in [0.717, 1.165) is 25.7 Å². The molecule has 0 N–H and O–H groups in total. The standard InChI is InChI=1S/C29H33N3O6/c1-2-37-29(36)25-26(30-14-16-31(17-15-30)27(34)24-13-8-18-38-24)21-11-6-7-12-22(21)32(28(25)35)19-23(33)20-9-4-3-5-10-20/h3-5,8-10,13,18,21-22H,2,6-7,11-12,14-17,19H2,1H3. The van der Waals surface area contributed by atoms with Crippen molar-refractivity contribution in [3.05, 3.63) is 71.3 Å². The van der Waals surface area contributed by atoms with Crippen LogP contribution in [-0.4, -0.2) is 83.6 Å². The van der Waals surface area contributed by atoms with E-state index in [1.807, 2.05) is 6.07 Å². The summed E-state index contributed by atoms with van der Waals surface area (Å²) in [4.78, 5) is 58.5. The van der Waals surface area contributed by atoms with Gasteiger partial charge in [-0.05, 0) is 31.9 Å². The summed E-state index contributed by atoms with van der Waals surface area (Å²) in [5.74, 6) is -1.20. The van der Waals surface area contributed by atoms with Gasteiger partial charge in [0.15, 0.2) is 11.5 Å². The quantitative estimate of drug-likeness (QED) is 0.315. The summed E-state index contributed by atoms with van der Waals surface area (Å²) in [5, 5.41) is 0. The highest BCUT2D eigenvalue weighted by Gasteiger charge is 2.47. The van der Waals surface area contributed by atoms with Crippen LogP contribution >= 0.6 is 0 Å². The Labute approximate surface area is 222 Å². The van der Waals surface area contributed by atoms with Crippen LogP contribution in [0.2, 0.25) is 0 Å². The van der Waals surface area contributed by atoms with E-state index in [1.54, 1.807) is 53.1 Å². The van der Waals surface area contributed by atoms with Gasteiger partial charge in [0.05, 0.1) is 19.4 Å². The predicted molar refractivity (Wildman–Crippen MR) is 138 cm³/mol. The van der Waals surface area contributed by atoms with E-state index in [4.69, 9.17) is 9.15 Å². The number of rotatable bonds is 7. The number of piperazine rings is 1. The summed E-state index contributed by atoms with van der Waals surface area (Å²) in [5.41, 5.74) is 1.28. The number of Topliss-reactive ketones (excluding diaryl/α,β-unsaturated/α-hetero) is 1. The van der Waals surface area contributed by atoms with Crippen LogP contribution in [0.4, 0.5) is 0 Å². The lowest BCUT2D eigenvalue weighted by atomic mass is 9.76. The minimum atomic E-state index is -0.650. The SMILES string of the molecule is CCOC(=O)C1=C(N2CCN(C(=O)c3ccco3)CC2)C2CCCCC2N(CC(=O)c2ccccc2)C1=O. The molecule has 200 valence electrons. The molecule has 3 aliphatic rings. The Morgan fingerprint density at radius 1 is 0.974 bits per heavy atom. The van der Waals surface area contributed by atoms with Gasteiger partial charge in [0, 0.05) is 49.4 Å². The van der Waals surface area contributed by atoms with Gasteiger partial charge in [-0.15, -0.1) is 0 Å². The molecule has 0 radical (unpaired) electrons. The Hall–Kier alpha value is -3.88. The number of nitrogens with zero attached hydrogens (tertiary/aromatic N) is 3. The van der Waals surface area contributed by atoms with Gasteiger partial charge in [0.2, 0.25) is 0 Å². The number of esters is 1. The second-order valence-corrected chi connectivity index (χ2v) is 9.92. The fourth-order valence-electron chi connectivity index (χ4n) is 5.95. The highest BCUT2D eigenvalue weighted by atomic mass is 16.5. The van der Waals surface area contributed by atoms with Gasteiger partial charge in [-0.3, -0.25) is 14.4 Å². The van der Waals surface area contributed by atoms with Crippen LogP contribution in [0.15, 0.2) is 64.4 Å². The zero-order valence-electron chi connectivity index (χ0n) is 21.6. The van der Waals surface area contributed by atoms with Crippen molar-refractivity contribution in [3.63, 3.8) is 0 Å². The minimum absolute atomic E-state index is 0.0293. The van der Waals surface area contributed by atoms with Crippen LogP contribution in [0.25, 0.3) is 0 Å². The Bertz CT molecular complexity index is 1210. The lowest BCUT2D eigenvalue weighted by Crippen LogP contribution is -2.58. The van der Waals surface area contributed by atoms with Crippen molar-refractivity contribution < 1.29 is 28.3 Å². The average Bonchev–Trinajstić information content (AvgIpc) is 3.49. The maximum atomic E-state index is 14.0. The Kier molecular flexibility index (Phi) is 7.62. The van der Waals surface area contributed by atoms with Crippen molar-refractivity contribution in [3.8, 4) is 0 Å². The van der Waals surface area contributed by atoms with Gasteiger partial charge >= 0.3 is 5.97 Å². The van der Waals surface area contributed by atoms with Crippen LogP contribution in [0, 0.1) is 5.92 Å². The number of carbonyl (C=O) groups excluding carboxylic acids is 4. The van der Waals surface area contributed by atoms with E-state index >= 15 is 0 Å². The molecule has 9 nitrogen and oxygen atoms in total. The molecule has 2 aromatic rings. The van der Waals surface area contributed by atoms with Gasteiger partial charge in [-0.25, -0.2) is 4.79 Å². The molecule has 1 saturated heterocycles. The van der Waals surface area contributed by atoms with E-state index in [2.05, 4.69) is 4.90 Å². The molecule has 2 unspecified atom stereocenters. The molecule has 5 rings (SSSR count). The molecule has 1 aromatic carbocycles. The number of ketones is 1. The van der Waals surface area contributed by atoms with Crippen molar-refractivity contribution in [1.82, 2.24) is 14.7 Å². The molecule has 0 bridgehead atoms. The topological polar surface area (TPSA) is 100 Å². The van der Waals surface area contributed by atoms with Crippen molar-refractivity contribution in [2.45, 2.75) is 38.6 Å². The molecule has 38 heavy (non-hydrogen) atoms. The average molecular weight is 520 g/mol. The van der Waals surface area contributed by atoms with Gasteiger partial charge in [-0.1, -0.05) is 43.2 Å². The van der Waals surface area contributed by atoms with Gasteiger partial charge in [0.1, 0.15) is 5.57 Å². The number of carbonyl (C=O) groups is 4. The number of hydrogen-bond donors (Lipinski definition) is 0. The minimum Gasteiger partial charge on any atom is -0.462 e. The fraction of sp³-hybridized carbons (Fsp3) is 0.448. The highest BCUT2D eigenvalue weighted by Crippen LogP contribution is 2.41. The number of furan rings is 1. The van der Waals surface area contributed by atoms with Crippen molar-refractivity contribution >= 4 is 23.6 Å². The third-order valence-electron chi connectivity index (χ3n) is 7.74. The van der Waals surface area contributed by atoms with Crippen LogP contribution in [0.3, 0.4) is 0 Å². The van der Waals surface area contributed by atoms with Gasteiger partial charge < -0.3 is 23.9 Å². The molecule has 2 amide bonds. The van der Waals surface area contributed by atoms with E-state index in [9.17, 15) is 19.2 Å². The number of benzene rings is 1. The van der Waals surface area contributed by atoms with E-state index < -0.39 is 11.9 Å². The number of amides is 2. The Balaban J connectivity index is 1.44. The van der Waals surface area contributed by atoms with Gasteiger partial charge in [-0.2, -0.15) is 0 Å². The van der Waals surface area contributed by atoms with Crippen molar-refractivity contribution in [2.75, 3.05) is 39.3 Å². The largest absolute Gasteiger partial charge is 0.462 e. The molecular weight excluding hydrogens is 486 g/mol. The van der Waals surface area contributed by atoms with Crippen LogP contribution in [0.1, 0.15) is 53.5 Å². The first kappa shape index (κ1) is 25.8. The van der Waals surface area contributed by atoms with E-state index in [1.165, 1.54) is 6.26 Å². The van der Waals surface area contributed by atoms with Crippen LogP contribution in [-0.2, 0) is 14.3 Å². The summed E-state index contributed by atoms with van der Waals surface area (Å²) >= 11 is 0. The van der Waals surface area contributed by atoms with Crippen molar-refractivity contribution in [2.24, 2.45) is 5.92 Å². The fourth-order valence-corrected chi connectivity index (χ4v) is 5.95. The first-order valence-corrected chi connectivity index (χ1v) is 13.4. The maximum Gasteiger partial charge on any atom is 0.345 e. The summed E-state index contributed by atoms with van der Waals surface area (Å²) < 4.78 is 10.6. The molecule has 2 aliphatic heterocycles.